The van der Waals surface area contributed by atoms with Crippen molar-refractivity contribution >= 4 is 66.2 Å². The summed E-state index contributed by atoms with van der Waals surface area (Å²) in [6.07, 6.45) is 0. The van der Waals surface area contributed by atoms with Crippen molar-refractivity contribution < 1.29 is 13.2 Å². The molecule has 1 N–H and O–H groups in total. The van der Waals surface area contributed by atoms with E-state index in [1.807, 2.05) is 6.92 Å². The van der Waals surface area contributed by atoms with E-state index in [0.717, 1.165) is 11.3 Å². The van der Waals surface area contributed by atoms with Crippen LogP contribution in [0.25, 0.3) is 0 Å². The summed E-state index contributed by atoms with van der Waals surface area (Å²) in [5.41, 5.74) is 0.351. The fraction of sp³-hybridized carbons (Fsp3) is 0.167. The monoisotopic (exact) mass is 429 g/mol. The third-order valence-electron chi connectivity index (χ3n) is 2.37. The second-order valence-corrected chi connectivity index (χ2v) is 8.96. The first-order chi connectivity index (χ1) is 9.83. The maximum absolute atomic E-state index is 12.2. The Bertz CT molecular complexity index is 742. The van der Waals surface area contributed by atoms with Gasteiger partial charge in [-0.05, 0) is 47.1 Å². The van der Waals surface area contributed by atoms with Crippen molar-refractivity contribution in [2.75, 3.05) is 11.3 Å². The average Bonchev–Trinajstić information content (AvgIpc) is 2.74. The first-order valence-corrected chi connectivity index (χ1v) is 9.58. The second-order valence-electron chi connectivity index (χ2n) is 3.87. The summed E-state index contributed by atoms with van der Waals surface area (Å²) in [7, 11) is -3.70. The van der Waals surface area contributed by atoms with Gasteiger partial charge in [-0.1, -0.05) is 23.2 Å². The number of ether oxygens (including phenoxy) is 1. The lowest BCUT2D eigenvalue weighted by atomic mass is 10.3. The van der Waals surface area contributed by atoms with Gasteiger partial charge in [0.1, 0.15) is 9.96 Å². The molecule has 0 fully saturated rings. The molecule has 0 saturated heterocycles. The average molecular weight is 431 g/mol. The molecule has 0 amide bonds. The van der Waals surface area contributed by atoms with Gasteiger partial charge in [-0.15, -0.1) is 11.3 Å². The van der Waals surface area contributed by atoms with Gasteiger partial charge >= 0.3 is 0 Å². The molecule has 114 valence electrons. The fourth-order valence-corrected chi connectivity index (χ4v) is 5.18. The van der Waals surface area contributed by atoms with Crippen molar-refractivity contribution in [3.8, 4) is 5.75 Å². The number of nitrogens with one attached hydrogen (secondary N) is 1. The molecule has 1 heterocycles. The van der Waals surface area contributed by atoms with Crippen molar-refractivity contribution in [1.29, 1.82) is 0 Å². The molecule has 4 nitrogen and oxygen atoms in total. The molecule has 0 radical (unpaired) electrons. The minimum absolute atomic E-state index is 0.115. The van der Waals surface area contributed by atoms with Crippen LogP contribution < -0.4 is 9.46 Å². The predicted molar refractivity (Wildman–Crippen MR) is 90.5 cm³/mol. The molecule has 0 unspecified atom stereocenters. The quantitative estimate of drug-likeness (QED) is 0.724. The summed E-state index contributed by atoms with van der Waals surface area (Å²) >= 11 is 16.1. The van der Waals surface area contributed by atoms with Crippen molar-refractivity contribution in [3.05, 3.63) is 38.1 Å². The minimum Gasteiger partial charge on any atom is -0.492 e. The molecule has 0 saturated carbocycles. The molecule has 9 heteroatoms. The Hall–Kier alpha value is -0.470. The van der Waals surface area contributed by atoms with Gasteiger partial charge in [0.2, 0.25) is 0 Å². The van der Waals surface area contributed by atoms with E-state index in [9.17, 15) is 8.42 Å². The summed E-state index contributed by atoms with van der Waals surface area (Å²) < 4.78 is 32.9. The van der Waals surface area contributed by atoms with Crippen molar-refractivity contribution in [3.63, 3.8) is 0 Å². The molecule has 0 aliphatic rings. The smallest absolute Gasteiger partial charge is 0.271 e. The van der Waals surface area contributed by atoms with Crippen LogP contribution in [0.5, 0.6) is 5.75 Å². The van der Waals surface area contributed by atoms with Gasteiger partial charge in [0.05, 0.1) is 26.1 Å². The highest BCUT2D eigenvalue weighted by atomic mass is 79.9. The van der Waals surface area contributed by atoms with Crippen LogP contribution in [-0.4, -0.2) is 15.0 Å². The van der Waals surface area contributed by atoms with Crippen LogP contribution in [0.2, 0.25) is 10.0 Å². The minimum atomic E-state index is -3.70. The fourth-order valence-electron chi connectivity index (χ4n) is 1.50. The van der Waals surface area contributed by atoms with Crippen molar-refractivity contribution in [2.24, 2.45) is 0 Å². The van der Waals surface area contributed by atoms with Crippen LogP contribution in [0.1, 0.15) is 6.92 Å². The van der Waals surface area contributed by atoms with E-state index >= 15 is 0 Å². The highest BCUT2D eigenvalue weighted by molar-refractivity contribution is 9.11. The van der Waals surface area contributed by atoms with E-state index in [2.05, 4.69) is 20.7 Å². The maximum Gasteiger partial charge on any atom is 0.271 e. The van der Waals surface area contributed by atoms with Crippen LogP contribution in [0.15, 0.2) is 32.3 Å². The Kier molecular flexibility index (Phi) is 5.43. The normalized spacial score (nSPS) is 11.4. The van der Waals surface area contributed by atoms with E-state index in [1.165, 1.54) is 12.1 Å². The first kappa shape index (κ1) is 16.9. The molecular weight excluding hydrogens is 421 g/mol. The van der Waals surface area contributed by atoms with E-state index in [-0.39, 0.29) is 4.21 Å². The molecule has 1 aromatic heterocycles. The van der Waals surface area contributed by atoms with Gasteiger partial charge in [0.25, 0.3) is 10.0 Å². The second kappa shape index (κ2) is 6.75. The molecule has 2 rings (SSSR count). The molecule has 0 atom stereocenters. The lowest BCUT2D eigenvalue weighted by Crippen LogP contribution is -2.11. The number of benzene rings is 1. The van der Waals surface area contributed by atoms with Crippen LogP contribution in [-0.2, 0) is 10.0 Å². The molecule has 0 aliphatic carbocycles. The summed E-state index contributed by atoms with van der Waals surface area (Å²) in [6, 6.07) is 6.07. The molecule has 21 heavy (non-hydrogen) atoms. The van der Waals surface area contributed by atoms with E-state index in [1.54, 1.807) is 12.1 Å². The van der Waals surface area contributed by atoms with Crippen LogP contribution in [0.4, 0.5) is 5.69 Å². The molecule has 1 aromatic carbocycles. The molecule has 0 aliphatic heterocycles. The third kappa shape index (κ3) is 4.04. The number of hydrogen-bond acceptors (Lipinski definition) is 4. The van der Waals surface area contributed by atoms with Crippen LogP contribution in [0.3, 0.4) is 0 Å². The summed E-state index contributed by atoms with van der Waals surface area (Å²) in [6.45, 7) is 2.32. The summed E-state index contributed by atoms with van der Waals surface area (Å²) in [5, 5.41) is 0.688. The summed E-state index contributed by atoms with van der Waals surface area (Å²) in [5.74, 6) is 0.504. The number of anilines is 1. The van der Waals surface area contributed by atoms with Crippen molar-refractivity contribution in [2.45, 2.75) is 11.1 Å². The Labute approximate surface area is 145 Å². The van der Waals surface area contributed by atoms with Gasteiger partial charge in [-0.2, -0.15) is 0 Å². The van der Waals surface area contributed by atoms with Gasteiger partial charge in [0, 0.05) is 0 Å². The number of halogens is 3. The Morgan fingerprint density at radius 1 is 1.29 bits per heavy atom. The highest BCUT2D eigenvalue weighted by Gasteiger charge is 2.19. The first-order valence-electron chi connectivity index (χ1n) is 5.73. The lowest BCUT2D eigenvalue weighted by Gasteiger charge is -2.09. The van der Waals surface area contributed by atoms with E-state index in [4.69, 9.17) is 27.9 Å². The molecular formula is C12H10BrCl2NO3S2. The maximum atomic E-state index is 12.2. The Balaban J connectivity index is 2.26. The van der Waals surface area contributed by atoms with Gasteiger partial charge < -0.3 is 4.74 Å². The summed E-state index contributed by atoms with van der Waals surface area (Å²) in [4.78, 5) is 0. The SMILES string of the molecule is CCOc1ccc(NS(=O)(=O)c2cc(Cl)c(Br)s2)cc1Cl. The van der Waals surface area contributed by atoms with E-state index < -0.39 is 10.0 Å². The largest absolute Gasteiger partial charge is 0.492 e. The number of rotatable bonds is 5. The van der Waals surface area contributed by atoms with Crippen LogP contribution >= 0.6 is 50.5 Å². The lowest BCUT2D eigenvalue weighted by molar-refractivity contribution is 0.340. The third-order valence-corrected chi connectivity index (χ3v) is 7.00. The zero-order valence-corrected chi connectivity index (χ0v) is 15.4. The topological polar surface area (TPSA) is 55.4 Å². The Morgan fingerprint density at radius 2 is 2.00 bits per heavy atom. The van der Waals surface area contributed by atoms with Gasteiger partial charge in [-0.3, -0.25) is 4.72 Å². The number of sulfonamides is 1. The Morgan fingerprint density at radius 3 is 2.52 bits per heavy atom. The molecule has 0 bridgehead atoms. The highest BCUT2D eigenvalue weighted by Crippen LogP contribution is 2.36. The van der Waals surface area contributed by atoms with Crippen LogP contribution in [0, 0.1) is 0 Å². The zero-order valence-electron chi connectivity index (χ0n) is 10.7. The van der Waals surface area contributed by atoms with Gasteiger partial charge in [0.15, 0.2) is 0 Å². The number of hydrogen-bond donors (Lipinski definition) is 1. The van der Waals surface area contributed by atoms with Crippen molar-refractivity contribution in [1.82, 2.24) is 0 Å². The molecule has 2 aromatic rings. The standard InChI is InChI=1S/C12H10BrCl2NO3S2/c1-2-19-10-4-3-7(5-8(10)14)16-21(17,18)11-6-9(15)12(13)20-11/h3-6,16H,2H2,1H3. The number of thiophene rings is 1. The van der Waals surface area contributed by atoms with E-state index in [0.29, 0.717) is 31.9 Å². The zero-order chi connectivity index (χ0) is 15.6. The predicted octanol–water partition coefficient (Wildman–Crippen LogP) is 5.02. The van der Waals surface area contributed by atoms with Gasteiger partial charge in [-0.25, -0.2) is 8.42 Å². The molecule has 0 spiro atoms.